The van der Waals surface area contributed by atoms with Crippen molar-refractivity contribution >= 4 is 15.9 Å². The highest BCUT2D eigenvalue weighted by Gasteiger charge is 2.17. The van der Waals surface area contributed by atoms with Gasteiger partial charge in [0.2, 0.25) is 4.73 Å². The molecule has 1 aromatic heterocycles. The second-order valence-electron chi connectivity index (χ2n) is 4.22. The number of aromatic nitrogens is 3. The molecule has 0 bridgehead atoms. The molecule has 1 N–H and O–H groups in total. The van der Waals surface area contributed by atoms with Crippen molar-refractivity contribution in [1.29, 1.82) is 0 Å². The lowest BCUT2D eigenvalue weighted by molar-refractivity contribution is 0.0560. The van der Waals surface area contributed by atoms with Gasteiger partial charge in [-0.3, -0.25) is 0 Å². The maximum atomic E-state index is 9.99. The quantitative estimate of drug-likeness (QED) is 0.867. The molecule has 0 spiro atoms. The summed E-state index contributed by atoms with van der Waals surface area (Å²) >= 11 is 3.22. The number of benzene rings is 1. The molecule has 0 aliphatic heterocycles. The van der Waals surface area contributed by atoms with Crippen molar-refractivity contribution in [3.05, 3.63) is 40.4 Å². The Balaban J connectivity index is 2.19. The summed E-state index contributed by atoms with van der Waals surface area (Å²) in [5.74, 6) is 1.27. The molecule has 108 valence electrons. The highest BCUT2D eigenvalue weighted by molar-refractivity contribution is 9.10. The van der Waals surface area contributed by atoms with Gasteiger partial charge in [-0.05, 0) is 33.6 Å². The number of halogens is 1. The Bertz CT molecular complexity index is 556. The number of aliphatic hydroxyl groups excluding tert-OH is 1. The number of hydrogen-bond acceptors (Lipinski definition) is 5. The average molecular weight is 342 g/mol. The van der Waals surface area contributed by atoms with Gasteiger partial charge >= 0.3 is 0 Å². The first-order valence-corrected chi connectivity index (χ1v) is 6.83. The Labute approximate surface area is 125 Å². The number of hydrogen-bond donors (Lipinski definition) is 1. The predicted octanol–water partition coefficient (Wildman–Crippen LogP) is 1.78. The van der Waals surface area contributed by atoms with E-state index in [9.17, 15) is 5.11 Å². The minimum Gasteiger partial charge on any atom is -0.497 e. The molecule has 0 saturated heterocycles. The Kier molecular flexibility index (Phi) is 5.11. The highest BCUT2D eigenvalue weighted by Crippen LogP contribution is 2.17. The normalized spacial score (nSPS) is 12.4. The van der Waals surface area contributed by atoms with Crippen LogP contribution < -0.4 is 4.74 Å². The van der Waals surface area contributed by atoms with E-state index in [4.69, 9.17) is 9.47 Å². The van der Waals surface area contributed by atoms with Crippen LogP contribution in [0.25, 0.3) is 0 Å². The van der Waals surface area contributed by atoms with E-state index in [2.05, 4.69) is 26.0 Å². The van der Waals surface area contributed by atoms with Crippen LogP contribution in [0.2, 0.25) is 0 Å². The number of aliphatic hydroxyl groups is 1. The third kappa shape index (κ3) is 3.56. The highest BCUT2D eigenvalue weighted by atomic mass is 79.9. The van der Waals surface area contributed by atoms with E-state index in [0.29, 0.717) is 17.1 Å². The molecule has 0 fully saturated rings. The van der Waals surface area contributed by atoms with Gasteiger partial charge in [0.1, 0.15) is 11.9 Å². The van der Waals surface area contributed by atoms with Crippen LogP contribution in [0.3, 0.4) is 0 Å². The van der Waals surface area contributed by atoms with E-state index in [1.54, 1.807) is 11.8 Å². The fourth-order valence-corrected chi connectivity index (χ4v) is 2.20. The van der Waals surface area contributed by atoms with Crippen molar-refractivity contribution in [3.63, 3.8) is 0 Å². The SMILES string of the molecule is COCC(O)c1nc(Br)nn1Cc1ccc(OC)cc1. The number of rotatable bonds is 6. The Morgan fingerprint density at radius 2 is 2.00 bits per heavy atom. The first kappa shape index (κ1) is 15.0. The Morgan fingerprint density at radius 3 is 2.60 bits per heavy atom. The van der Waals surface area contributed by atoms with Crippen LogP contribution in [0.15, 0.2) is 29.0 Å². The summed E-state index contributed by atoms with van der Waals surface area (Å²) in [6.07, 6.45) is -0.808. The molecule has 1 atom stereocenters. The molecule has 7 heteroatoms. The van der Waals surface area contributed by atoms with Crippen LogP contribution >= 0.6 is 15.9 Å². The number of nitrogens with zero attached hydrogens (tertiary/aromatic N) is 3. The molecule has 0 saturated carbocycles. The molecule has 2 rings (SSSR count). The zero-order valence-corrected chi connectivity index (χ0v) is 12.9. The summed E-state index contributed by atoms with van der Waals surface area (Å²) in [7, 11) is 3.16. The minimum atomic E-state index is -0.808. The molecule has 0 aliphatic rings. The van der Waals surface area contributed by atoms with Gasteiger partial charge < -0.3 is 14.6 Å². The molecular weight excluding hydrogens is 326 g/mol. The molecule has 1 aromatic carbocycles. The van der Waals surface area contributed by atoms with E-state index in [-0.39, 0.29) is 6.61 Å². The molecular formula is C13H16BrN3O3. The van der Waals surface area contributed by atoms with Gasteiger partial charge in [-0.25, -0.2) is 9.67 Å². The van der Waals surface area contributed by atoms with Crippen LogP contribution in [-0.2, 0) is 11.3 Å². The first-order chi connectivity index (χ1) is 9.63. The molecule has 20 heavy (non-hydrogen) atoms. The largest absolute Gasteiger partial charge is 0.497 e. The molecule has 0 amide bonds. The second-order valence-corrected chi connectivity index (χ2v) is 4.93. The van der Waals surface area contributed by atoms with Gasteiger partial charge in [0.25, 0.3) is 0 Å². The van der Waals surface area contributed by atoms with E-state index < -0.39 is 6.10 Å². The van der Waals surface area contributed by atoms with Gasteiger partial charge in [0, 0.05) is 7.11 Å². The topological polar surface area (TPSA) is 69.4 Å². The summed E-state index contributed by atoms with van der Waals surface area (Å²) in [4.78, 5) is 4.17. The lowest BCUT2D eigenvalue weighted by Gasteiger charge is -2.11. The fourth-order valence-electron chi connectivity index (χ4n) is 1.82. The molecule has 0 aliphatic carbocycles. The van der Waals surface area contributed by atoms with Crippen molar-refractivity contribution < 1.29 is 14.6 Å². The van der Waals surface area contributed by atoms with E-state index in [1.165, 1.54) is 7.11 Å². The molecule has 2 aromatic rings. The van der Waals surface area contributed by atoms with Crippen LogP contribution in [0, 0.1) is 0 Å². The fraction of sp³-hybridized carbons (Fsp3) is 0.385. The van der Waals surface area contributed by atoms with E-state index >= 15 is 0 Å². The van der Waals surface area contributed by atoms with E-state index in [0.717, 1.165) is 11.3 Å². The van der Waals surface area contributed by atoms with Crippen molar-refractivity contribution in [3.8, 4) is 5.75 Å². The third-order valence-electron chi connectivity index (χ3n) is 2.79. The molecule has 1 unspecified atom stereocenters. The lowest BCUT2D eigenvalue weighted by atomic mass is 10.2. The summed E-state index contributed by atoms with van der Waals surface area (Å²) < 4.78 is 12.1. The van der Waals surface area contributed by atoms with Gasteiger partial charge in [0.15, 0.2) is 5.82 Å². The van der Waals surface area contributed by atoms with Crippen LogP contribution in [0.5, 0.6) is 5.75 Å². The monoisotopic (exact) mass is 341 g/mol. The molecule has 1 heterocycles. The second kappa shape index (κ2) is 6.83. The summed E-state index contributed by atoms with van der Waals surface area (Å²) in [5.41, 5.74) is 1.04. The zero-order valence-electron chi connectivity index (χ0n) is 11.3. The minimum absolute atomic E-state index is 0.174. The van der Waals surface area contributed by atoms with Crippen LogP contribution in [-0.4, -0.2) is 40.7 Å². The first-order valence-electron chi connectivity index (χ1n) is 6.04. The van der Waals surface area contributed by atoms with Crippen LogP contribution in [0.1, 0.15) is 17.5 Å². The van der Waals surface area contributed by atoms with Crippen LogP contribution in [0.4, 0.5) is 0 Å². The Morgan fingerprint density at radius 1 is 1.30 bits per heavy atom. The standard InChI is InChI=1S/C13H16BrN3O3/c1-19-8-11(18)12-15-13(14)16-17(12)7-9-3-5-10(20-2)6-4-9/h3-6,11,18H,7-8H2,1-2H3. The van der Waals surface area contributed by atoms with Gasteiger partial charge in [-0.1, -0.05) is 12.1 Å². The van der Waals surface area contributed by atoms with Gasteiger partial charge in [0.05, 0.1) is 20.3 Å². The maximum Gasteiger partial charge on any atom is 0.217 e. The summed E-state index contributed by atoms with van der Waals surface area (Å²) in [6, 6.07) is 7.65. The average Bonchev–Trinajstić information content (AvgIpc) is 2.81. The lowest BCUT2D eigenvalue weighted by Crippen LogP contribution is -2.14. The zero-order chi connectivity index (χ0) is 14.5. The van der Waals surface area contributed by atoms with Gasteiger partial charge in [-0.15, -0.1) is 5.10 Å². The van der Waals surface area contributed by atoms with Crippen molar-refractivity contribution in [2.75, 3.05) is 20.8 Å². The number of ether oxygens (including phenoxy) is 2. The third-order valence-corrected chi connectivity index (χ3v) is 3.12. The predicted molar refractivity (Wildman–Crippen MR) is 76.7 cm³/mol. The molecule has 6 nitrogen and oxygen atoms in total. The van der Waals surface area contributed by atoms with E-state index in [1.807, 2.05) is 24.3 Å². The molecule has 0 radical (unpaired) electrons. The van der Waals surface area contributed by atoms with Crippen molar-refractivity contribution in [2.45, 2.75) is 12.6 Å². The maximum absolute atomic E-state index is 9.99. The van der Waals surface area contributed by atoms with Crippen molar-refractivity contribution in [1.82, 2.24) is 14.8 Å². The summed E-state index contributed by atoms with van der Waals surface area (Å²) in [5, 5.41) is 14.2. The Hall–Kier alpha value is -1.44. The smallest absolute Gasteiger partial charge is 0.217 e. The van der Waals surface area contributed by atoms with Crippen molar-refractivity contribution in [2.24, 2.45) is 0 Å². The summed E-state index contributed by atoms with van der Waals surface area (Å²) in [6.45, 7) is 0.687. The number of methoxy groups -OCH3 is 2. The van der Waals surface area contributed by atoms with Gasteiger partial charge in [-0.2, -0.15) is 0 Å².